The minimum atomic E-state index is -1.25. The fourth-order valence-electron chi connectivity index (χ4n) is 1.40. The van der Waals surface area contributed by atoms with Crippen LogP contribution in [-0.2, 0) is 0 Å². The van der Waals surface area contributed by atoms with E-state index in [1.165, 1.54) is 12.8 Å². The molecule has 0 unspecified atom stereocenters. The molecule has 0 spiro atoms. The molecule has 0 aromatic heterocycles. The van der Waals surface area contributed by atoms with Crippen LogP contribution in [0.25, 0.3) is 0 Å². The molecular weight excluding hydrogens is 176 g/mol. The van der Waals surface area contributed by atoms with Crippen molar-refractivity contribution < 1.29 is 10.2 Å². The predicted molar refractivity (Wildman–Crippen MR) is 60.0 cm³/mol. The Bertz CT molecular complexity index is 150. The van der Waals surface area contributed by atoms with Crippen molar-refractivity contribution in [2.24, 2.45) is 0 Å². The van der Waals surface area contributed by atoms with Gasteiger partial charge in [-0.1, -0.05) is 39.2 Å². The highest BCUT2D eigenvalue weighted by molar-refractivity contribution is 5.04. The van der Waals surface area contributed by atoms with E-state index < -0.39 is 6.29 Å². The number of hydrogen-bond acceptors (Lipinski definition) is 2. The summed E-state index contributed by atoms with van der Waals surface area (Å²) >= 11 is 0. The van der Waals surface area contributed by atoms with Crippen LogP contribution in [0.3, 0.4) is 0 Å². The second-order valence-corrected chi connectivity index (χ2v) is 3.75. The highest BCUT2D eigenvalue weighted by atomic mass is 16.5. The van der Waals surface area contributed by atoms with Crippen molar-refractivity contribution in [2.45, 2.75) is 65.1 Å². The molecule has 84 valence electrons. The van der Waals surface area contributed by atoms with Crippen LogP contribution < -0.4 is 0 Å². The number of aliphatic hydroxyl groups excluding tert-OH is 1. The summed E-state index contributed by atoms with van der Waals surface area (Å²) in [5.74, 6) is 0. The minimum Gasteiger partial charge on any atom is -0.365 e. The van der Waals surface area contributed by atoms with E-state index in [0.29, 0.717) is 0 Å². The van der Waals surface area contributed by atoms with Gasteiger partial charge in [0.15, 0.2) is 6.29 Å². The van der Waals surface area contributed by atoms with Gasteiger partial charge in [0.2, 0.25) is 0 Å². The molecule has 2 nitrogen and oxygen atoms in total. The lowest BCUT2D eigenvalue weighted by molar-refractivity contribution is -0.0107. The number of unbranched alkanes of at least 4 members (excludes halogenated alkanes) is 4. The van der Waals surface area contributed by atoms with E-state index in [1.54, 1.807) is 0 Å². The van der Waals surface area contributed by atoms with E-state index in [9.17, 15) is 0 Å². The lowest BCUT2D eigenvalue weighted by atomic mass is 10.1. The summed E-state index contributed by atoms with van der Waals surface area (Å²) in [5.41, 5.74) is 0.794. The zero-order valence-electron chi connectivity index (χ0n) is 9.50. The van der Waals surface area contributed by atoms with Gasteiger partial charge in [-0.3, -0.25) is 0 Å². The molecule has 0 fully saturated rings. The summed E-state index contributed by atoms with van der Waals surface area (Å²) in [7, 11) is 0. The molecule has 0 rings (SSSR count). The van der Waals surface area contributed by atoms with Gasteiger partial charge in [0, 0.05) is 0 Å². The summed E-state index contributed by atoms with van der Waals surface area (Å²) in [6.45, 7) is 4.28. The van der Waals surface area contributed by atoms with Crippen LogP contribution in [-0.4, -0.2) is 16.5 Å². The molecule has 0 bridgehead atoms. The quantitative estimate of drug-likeness (QED) is 0.359. The minimum absolute atomic E-state index is 0.794. The van der Waals surface area contributed by atoms with Crippen molar-refractivity contribution in [3.63, 3.8) is 0 Å². The molecular formula is C12H24O2. The predicted octanol–water partition coefficient (Wildman–Crippen LogP) is 2.99. The lowest BCUT2D eigenvalue weighted by Crippen LogP contribution is -2.08. The average Bonchev–Trinajstić information content (AvgIpc) is 2.16. The molecule has 0 aromatic carbocycles. The van der Waals surface area contributed by atoms with Crippen LogP contribution >= 0.6 is 0 Å². The first kappa shape index (κ1) is 13.7. The first-order valence-corrected chi connectivity index (χ1v) is 5.77. The number of rotatable bonds is 8. The van der Waals surface area contributed by atoms with E-state index in [1.807, 2.05) is 6.08 Å². The van der Waals surface area contributed by atoms with E-state index in [-0.39, 0.29) is 0 Å². The molecule has 0 aliphatic rings. The third-order valence-electron chi connectivity index (χ3n) is 2.36. The molecule has 0 saturated carbocycles. The molecule has 0 atom stereocenters. The zero-order valence-corrected chi connectivity index (χ0v) is 9.50. The Labute approximate surface area is 87.7 Å². The highest BCUT2D eigenvalue weighted by Crippen LogP contribution is 2.13. The first-order chi connectivity index (χ1) is 6.72. The average molecular weight is 200 g/mol. The number of aliphatic hydroxyl groups is 2. The molecule has 0 heterocycles. The SMILES string of the molecule is CCCCCC=C(CCCC)C(O)O. The van der Waals surface area contributed by atoms with Crippen LogP contribution in [0.5, 0.6) is 0 Å². The van der Waals surface area contributed by atoms with Gasteiger partial charge in [0.1, 0.15) is 0 Å². The van der Waals surface area contributed by atoms with Crippen molar-refractivity contribution in [1.29, 1.82) is 0 Å². The third-order valence-corrected chi connectivity index (χ3v) is 2.36. The molecule has 0 aromatic rings. The van der Waals surface area contributed by atoms with Crippen molar-refractivity contribution in [1.82, 2.24) is 0 Å². The molecule has 0 aliphatic carbocycles. The van der Waals surface area contributed by atoms with E-state index >= 15 is 0 Å². The topological polar surface area (TPSA) is 40.5 Å². The molecule has 2 heteroatoms. The van der Waals surface area contributed by atoms with Crippen LogP contribution in [0.1, 0.15) is 58.8 Å². The Morgan fingerprint density at radius 1 is 1.07 bits per heavy atom. The van der Waals surface area contributed by atoms with E-state index in [4.69, 9.17) is 10.2 Å². The van der Waals surface area contributed by atoms with Crippen molar-refractivity contribution in [2.75, 3.05) is 0 Å². The molecule has 2 N–H and O–H groups in total. The largest absolute Gasteiger partial charge is 0.365 e. The Balaban J connectivity index is 3.80. The van der Waals surface area contributed by atoms with Crippen LogP contribution in [0.15, 0.2) is 11.6 Å². The summed E-state index contributed by atoms with van der Waals surface area (Å²) in [6.07, 6.45) is 8.26. The fourth-order valence-corrected chi connectivity index (χ4v) is 1.40. The molecule has 14 heavy (non-hydrogen) atoms. The van der Waals surface area contributed by atoms with Crippen LogP contribution in [0.2, 0.25) is 0 Å². The number of hydrogen-bond donors (Lipinski definition) is 2. The van der Waals surface area contributed by atoms with E-state index in [0.717, 1.165) is 37.7 Å². The van der Waals surface area contributed by atoms with Gasteiger partial charge >= 0.3 is 0 Å². The fraction of sp³-hybridized carbons (Fsp3) is 0.833. The van der Waals surface area contributed by atoms with E-state index in [2.05, 4.69) is 13.8 Å². The Morgan fingerprint density at radius 2 is 1.71 bits per heavy atom. The summed E-state index contributed by atoms with van der Waals surface area (Å²) in [5, 5.41) is 18.2. The van der Waals surface area contributed by atoms with Gasteiger partial charge in [0.05, 0.1) is 0 Å². The summed E-state index contributed by atoms with van der Waals surface area (Å²) in [6, 6.07) is 0. The van der Waals surface area contributed by atoms with Crippen molar-refractivity contribution in [3.05, 3.63) is 11.6 Å². The van der Waals surface area contributed by atoms with Gasteiger partial charge < -0.3 is 10.2 Å². The number of allylic oxidation sites excluding steroid dienone is 1. The van der Waals surface area contributed by atoms with Gasteiger partial charge in [-0.25, -0.2) is 0 Å². The maximum Gasteiger partial charge on any atom is 0.174 e. The summed E-state index contributed by atoms with van der Waals surface area (Å²) in [4.78, 5) is 0. The lowest BCUT2D eigenvalue weighted by Gasteiger charge is -2.08. The molecule has 0 saturated heterocycles. The van der Waals surface area contributed by atoms with Gasteiger partial charge in [0.25, 0.3) is 0 Å². The zero-order chi connectivity index (χ0) is 10.8. The highest BCUT2D eigenvalue weighted by Gasteiger charge is 2.04. The second-order valence-electron chi connectivity index (χ2n) is 3.75. The summed E-state index contributed by atoms with van der Waals surface area (Å²) < 4.78 is 0. The van der Waals surface area contributed by atoms with Crippen molar-refractivity contribution >= 4 is 0 Å². The Morgan fingerprint density at radius 3 is 2.21 bits per heavy atom. The van der Waals surface area contributed by atoms with Crippen LogP contribution in [0.4, 0.5) is 0 Å². The molecule has 0 amide bonds. The Kier molecular flexibility index (Phi) is 9.00. The standard InChI is InChI=1S/C12H24O2/c1-3-5-7-8-10-11(12(13)14)9-6-4-2/h10,12-14H,3-9H2,1-2H3. The van der Waals surface area contributed by atoms with Gasteiger partial charge in [-0.2, -0.15) is 0 Å². The van der Waals surface area contributed by atoms with Gasteiger partial charge in [-0.15, -0.1) is 0 Å². The maximum atomic E-state index is 9.08. The first-order valence-electron chi connectivity index (χ1n) is 5.77. The second kappa shape index (κ2) is 9.22. The maximum absolute atomic E-state index is 9.08. The smallest absolute Gasteiger partial charge is 0.174 e. The third kappa shape index (κ3) is 7.10. The van der Waals surface area contributed by atoms with Crippen molar-refractivity contribution in [3.8, 4) is 0 Å². The van der Waals surface area contributed by atoms with Gasteiger partial charge in [-0.05, 0) is 31.3 Å². The monoisotopic (exact) mass is 200 g/mol. The normalized spacial score (nSPS) is 12.5. The molecule has 0 aliphatic heterocycles. The molecule has 0 radical (unpaired) electrons. The Hall–Kier alpha value is -0.340. The van der Waals surface area contributed by atoms with Crippen LogP contribution in [0, 0.1) is 0 Å².